The van der Waals surface area contributed by atoms with Crippen LogP contribution in [-0.4, -0.2) is 44.0 Å². The van der Waals surface area contributed by atoms with Gasteiger partial charge in [-0.15, -0.1) is 0 Å². The van der Waals surface area contributed by atoms with Crippen LogP contribution < -0.4 is 0 Å². The molecule has 0 aromatic heterocycles. The second-order valence-electron chi connectivity index (χ2n) is 4.25. The predicted molar refractivity (Wildman–Crippen MR) is 64.1 cm³/mol. The summed E-state index contributed by atoms with van der Waals surface area (Å²) in [6, 6.07) is 0. The van der Waals surface area contributed by atoms with Crippen LogP contribution in [0.15, 0.2) is 0 Å². The number of hydrogen-bond donors (Lipinski definition) is 1. The van der Waals surface area contributed by atoms with Crippen molar-refractivity contribution < 1.29 is 4.74 Å². The SMILES string of the molecule is CN(CCCCS)CC1CCOCC1. The van der Waals surface area contributed by atoms with Gasteiger partial charge in [-0.3, -0.25) is 0 Å². The Morgan fingerprint density at radius 1 is 1.29 bits per heavy atom. The van der Waals surface area contributed by atoms with Gasteiger partial charge in [-0.25, -0.2) is 0 Å². The maximum absolute atomic E-state index is 5.35. The van der Waals surface area contributed by atoms with Gasteiger partial charge < -0.3 is 9.64 Å². The topological polar surface area (TPSA) is 12.5 Å². The van der Waals surface area contributed by atoms with E-state index in [0.717, 1.165) is 24.9 Å². The summed E-state index contributed by atoms with van der Waals surface area (Å²) in [6.07, 6.45) is 5.01. The highest BCUT2D eigenvalue weighted by molar-refractivity contribution is 7.80. The summed E-state index contributed by atoms with van der Waals surface area (Å²) in [5.41, 5.74) is 0. The normalized spacial score (nSPS) is 19.1. The second kappa shape index (κ2) is 7.55. The van der Waals surface area contributed by atoms with E-state index in [1.165, 1.54) is 38.8 Å². The Morgan fingerprint density at radius 3 is 2.64 bits per heavy atom. The molecule has 0 N–H and O–H groups in total. The van der Waals surface area contributed by atoms with Crippen LogP contribution in [0.2, 0.25) is 0 Å². The lowest BCUT2D eigenvalue weighted by atomic mass is 10.00. The molecule has 0 unspecified atom stereocenters. The molecule has 1 fully saturated rings. The van der Waals surface area contributed by atoms with Gasteiger partial charge in [0.25, 0.3) is 0 Å². The molecular weight excluding hydrogens is 194 g/mol. The van der Waals surface area contributed by atoms with Gasteiger partial charge in [0.15, 0.2) is 0 Å². The largest absolute Gasteiger partial charge is 0.381 e. The van der Waals surface area contributed by atoms with Gasteiger partial charge in [0.05, 0.1) is 0 Å². The van der Waals surface area contributed by atoms with Gasteiger partial charge in [0.2, 0.25) is 0 Å². The van der Waals surface area contributed by atoms with Crippen molar-refractivity contribution in [2.75, 3.05) is 39.1 Å². The molecule has 0 atom stereocenters. The zero-order valence-electron chi connectivity index (χ0n) is 9.24. The molecule has 0 aromatic rings. The zero-order chi connectivity index (χ0) is 10.2. The van der Waals surface area contributed by atoms with E-state index in [2.05, 4.69) is 24.6 Å². The van der Waals surface area contributed by atoms with Crippen molar-refractivity contribution >= 4 is 12.6 Å². The standard InChI is InChI=1S/C11H23NOS/c1-12(6-2-3-9-14)10-11-4-7-13-8-5-11/h11,14H,2-10H2,1H3. The predicted octanol–water partition coefficient (Wildman–Crippen LogP) is 2.05. The molecule has 1 aliphatic rings. The number of ether oxygens (including phenoxy) is 1. The van der Waals surface area contributed by atoms with Gasteiger partial charge in [0, 0.05) is 19.8 Å². The molecule has 0 aromatic carbocycles. The average molecular weight is 217 g/mol. The van der Waals surface area contributed by atoms with Crippen molar-refractivity contribution in [3.63, 3.8) is 0 Å². The summed E-state index contributed by atoms with van der Waals surface area (Å²) in [5, 5.41) is 0. The van der Waals surface area contributed by atoms with Gasteiger partial charge in [-0.1, -0.05) is 0 Å². The summed E-state index contributed by atoms with van der Waals surface area (Å²) in [7, 11) is 2.23. The molecule has 84 valence electrons. The summed E-state index contributed by atoms with van der Waals surface area (Å²) in [4.78, 5) is 2.46. The Bertz CT molecular complexity index is 137. The van der Waals surface area contributed by atoms with Crippen LogP contribution in [0, 0.1) is 5.92 Å². The van der Waals surface area contributed by atoms with Crippen molar-refractivity contribution in [3.05, 3.63) is 0 Å². The molecule has 0 aliphatic carbocycles. The molecule has 1 aliphatic heterocycles. The molecule has 0 spiro atoms. The van der Waals surface area contributed by atoms with E-state index in [9.17, 15) is 0 Å². The second-order valence-corrected chi connectivity index (χ2v) is 4.70. The first-order valence-electron chi connectivity index (χ1n) is 5.70. The van der Waals surface area contributed by atoms with Crippen molar-refractivity contribution in [3.8, 4) is 0 Å². The third-order valence-corrected chi connectivity index (χ3v) is 3.17. The Labute approximate surface area is 93.4 Å². The highest BCUT2D eigenvalue weighted by Crippen LogP contribution is 2.15. The smallest absolute Gasteiger partial charge is 0.0469 e. The lowest BCUT2D eigenvalue weighted by Gasteiger charge is -2.27. The van der Waals surface area contributed by atoms with Crippen molar-refractivity contribution in [2.45, 2.75) is 25.7 Å². The summed E-state index contributed by atoms with van der Waals surface area (Å²) in [5.74, 6) is 1.88. The van der Waals surface area contributed by atoms with Crippen LogP contribution in [0.4, 0.5) is 0 Å². The van der Waals surface area contributed by atoms with Crippen molar-refractivity contribution in [1.29, 1.82) is 0 Å². The minimum Gasteiger partial charge on any atom is -0.381 e. The molecule has 0 saturated carbocycles. The number of hydrogen-bond acceptors (Lipinski definition) is 3. The monoisotopic (exact) mass is 217 g/mol. The molecule has 1 heterocycles. The third-order valence-electron chi connectivity index (χ3n) is 2.86. The van der Waals surface area contributed by atoms with E-state index < -0.39 is 0 Å². The van der Waals surface area contributed by atoms with E-state index in [1.807, 2.05) is 0 Å². The Morgan fingerprint density at radius 2 is 2.00 bits per heavy atom. The number of thiol groups is 1. The van der Waals surface area contributed by atoms with E-state index in [1.54, 1.807) is 0 Å². The molecule has 2 nitrogen and oxygen atoms in total. The first-order valence-corrected chi connectivity index (χ1v) is 6.33. The highest BCUT2D eigenvalue weighted by atomic mass is 32.1. The first kappa shape index (κ1) is 12.3. The lowest BCUT2D eigenvalue weighted by molar-refractivity contribution is 0.0556. The van der Waals surface area contributed by atoms with Crippen molar-refractivity contribution in [1.82, 2.24) is 4.90 Å². The average Bonchev–Trinajstić information content (AvgIpc) is 2.20. The maximum Gasteiger partial charge on any atom is 0.0469 e. The van der Waals surface area contributed by atoms with Crippen molar-refractivity contribution in [2.24, 2.45) is 5.92 Å². The van der Waals surface area contributed by atoms with Crippen LogP contribution >= 0.6 is 12.6 Å². The quantitative estimate of drug-likeness (QED) is 0.540. The molecule has 0 bridgehead atoms. The van der Waals surface area contributed by atoms with Gasteiger partial charge in [-0.05, 0) is 50.9 Å². The highest BCUT2D eigenvalue weighted by Gasteiger charge is 2.15. The molecular formula is C11H23NOS. The Balaban J connectivity index is 2.03. The van der Waals surface area contributed by atoms with E-state index >= 15 is 0 Å². The number of rotatable bonds is 6. The van der Waals surface area contributed by atoms with Crippen LogP contribution in [-0.2, 0) is 4.74 Å². The maximum atomic E-state index is 5.35. The molecule has 3 heteroatoms. The Kier molecular flexibility index (Phi) is 6.65. The number of nitrogens with zero attached hydrogens (tertiary/aromatic N) is 1. The first-order chi connectivity index (χ1) is 6.83. The van der Waals surface area contributed by atoms with Crippen LogP contribution in [0.1, 0.15) is 25.7 Å². The van der Waals surface area contributed by atoms with E-state index in [0.29, 0.717) is 0 Å². The van der Waals surface area contributed by atoms with E-state index in [-0.39, 0.29) is 0 Å². The molecule has 14 heavy (non-hydrogen) atoms. The Hall–Kier alpha value is 0.270. The van der Waals surface area contributed by atoms with E-state index in [4.69, 9.17) is 4.74 Å². The fourth-order valence-electron chi connectivity index (χ4n) is 1.95. The summed E-state index contributed by atoms with van der Waals surface area (Å²) < 4.78 is 5.35. The molecule has 1 rings (SSSR count). The third kappa shape index (κ3) is 5.23. The fraction of sp³-hybridized carbons (Fsp3) is 1.00. The summed E-state index contributed by atoms with van der Waals surface area (Å²) in [6.45, 7) is 4.40. The van der Waals surface area contributed by atoms with Crippen LogP contribution in [0.25, 0.3) is 0 Å². The van der Waals surface area contributed by atoms with Gasteiger partial charge in [-0.2, -0.15) is 12.6 Å². The molecule has 0 amide bonds. The van der Waals surface area contributed by atoms with Crippen LogP contribution in [0.3, 0.4) is 0 Å². The van der Waals surface area contributed by atoms with Crippen LogP contribution in [0.5, 0.6) is 0 Å². The van der Waals surface area contributed by atoms with Gasteiger partial charge >= 0.3 is 0 Å². The summed E-state index contributed by atoms with van der Waals surface area (Å²) >= 11 is 4.22. The minimum absolute atomic E-state index is 0.866. The fourth-order valence-corrected chi connectivity index (χ4v) is 2.18. The minimum atomic E-state index is 0.866. The molecule has 1 saturated heterocycles. The van der Waals surface area contributed by atoms with Gasteiger partial charge in [0.1, 0.15) is 0 Å². The lowest BCUT2D eigenvalue weighted by Crippen LogP contribution is -2.30. The zero-order valence-corrected chi connectivity index (χ0v) is 10.1. The molecule has 0 radical (unpaired) electrons. The number of unbranched alkanes of at least 4 members (excludes halogenated alkanes) is 1.